The summed E-state index contributed by atoms with van der Waals surface area (Å²) in [6.45, 7) is 0.668. The Balaban J connectivity index is 1.15. The zero-order chi connectivity index (χ0) is 24.6. The normalized spacial score (nSPS) is 19.3. The highest BCUT2D eigenvalue weighted by Crippen LogP contribution is 2.30. The summed E-state index contributed by atoms with van der Waals surface area (Å²) in [7, 11) is 0. The maximum atomic E-state index is 14.7. The molecule has 4 aromatic rings. The molecule has 10 heteroatoms. The molecule has 36 heavy (non-hydrogen) atoms. The monoisotopic (exact) mass is 489 g/mol. The number of carbonyl (C=O) groups excluding carboxylic acids is 1. The van der Waals surface area contributed by atoms with E-state index in [0.29, 0.717) is 29.6 Å². The van der Waals surface area contributed by atoms with E-state index in [1.54, 1.807) is 11.1 Å². The van der Waals surface area contributed by atoms with Gasteiger partial charge in [-0.3, -0.25) is 4.90 Å². The number of fused-ring (bicyclic) bond motifs is 2. The van der Waals surface area contributed by atoms with Gasteiger partial charge in [-0.25, -0.2) is 28.5 Å². The zero-order valence-electron chi connectivity index (χ0n) is 19.5. The number of aromatic nitrogens is 4. The molecular formula is C26H25F2N7O. The highest BCUT2D eigenvalue weighted by molar-refractivity contribution is 5.94. The van der Waals surface area contributed by atoms with E-state index in [1.165, 1.54) is 11.6 Å². The fraction of sp³-hybridized carbons (Fsp3) is 0.308. The van der Waals surface area contributed by atoms with E-state index in [2.05, 4.69) is 36.6 Å². The van der Waals surface area contributed by atoms with Gasteiger partial charge in [0.25, 0.3) is 0 Å². The molecule has 0 radical (unpaired) electrons. The first kappa shape index (κ1) is 22.4. The van der Waals surface area contributed by atoms with Crippen molar-refractivity contribution in [3.8, 4) is 11.4 Å². The SMILES string of the molecule is O=C(N[C@H]1CCC[C@@H](Nc2nc(-c3c[nH]c4ncc(F)cc34)ncc2F)C1)N1CCc2ccccc21. The number of amides is 2. The Kier molecular flexibility index (Phi) is 5.71. The molecule has 1 saturated carbocycles. The standard InChI is InChI=1S/C26H25F2N7O/c27-16-10-19-20(13-30-23(19)29-12-16)24-31-14-21(28)25(34-24)32-17-5-3-6-18(11-17)33-26(36)35-9-8-15-4-1-2-7-22(15)35/h1-2,4,7,10,12-14,17-18H,3,5-6,8-9,11H2,(H,29,30)(H,33,36)(H,31,32,34)/t17-,18+/m1/s1. The van der Waals surface area contributed by atoms with Crippen LogP contribution >= 0.6 is 0 Å². The molecule has 2 aliphatic rings. The van der Waals surface area contributed by atoms with Crippen LogP contribution in [0.4, 0.5) is 25.1 Å². The van der Waals surface area contributed by atoms with Gasteiger partial charge in [0.2, 0.25) is 0 Å². The van der Waals surface area contributed by atoms with E-state index in [0.717, 1.165) is 43.8 Å². The Morgan fingerprint density at radius 1 is 1.11 bits per heavy atom. The minimum Gasteiger partial charge on any atom is -0.365 e. The number of para-hydroxylation sites is 1. The summed E-state index contributed by atoms with van der Waals surface area (Å²) >= 11 is 0. The molecule has 2 amide bonds. The van der Waals surface area contributed by atoms with Crippen molar-refractivity contribution in [3.63, 3.8) is 0 Å². The summed E-state index contributed by atoms with van der Waals surface area (Å²) in [4.78, 5) is 30.3. The second-order valence-corrected chi connectivity index (χ2v) is 9.33. The molecule has 4 heterocycles. The van der Waals surface area contributed by atoms with Crippen LogP contribution in [0.2, 0.25) is 0 Å². The molecule has 6 rings (SSSR count). The summed E-state index contributed by atoms with van der Waals surface area (Å²) in [5.74, 6) is -0.686. The lowest BCUT2D eigenvalue weighted by atomic mass is 9.91. The molecule has 1 aromatic carbocycles. The van der Waals surface area contributed by atoms with E-state index < -0.39 is 11.6 Å². The van der Waals surface area contributed by atoms with Crippen molar-refractivity contribution in [1.82, 2.24) is 25.3 Å². The number of carbonyl (C=O) groups is 1. The molecule has 2 atom stereocenters. The van der Waals surface area contributed by atoms with Crippen LogP contribution in [0.3, 0.4) is 0 Å². The predicted molar refractivity (Wildman–Crippen MR) is 133 cm³/mol. The summed E-state index contributed by atoms with van der Waals surface area (Å²) in [5, 5.41) is 6.90. The fourth-order valence-electron chi connectivity index (χ4n) is 5.21. The summed E-state index contributed by atoms with van der Waals surface area (Å²) in [5.41, 5.74) is 3.18. The number of pyridine rings is 1. The first-order chi connectivity index (χ1) is 17.5. The van der Waals surface area contributed by atoms with Crippen LogP contribution in [-0.4, -0.2) is 44.6 Å². The summed E-state index contributed by atoms with van der Waals surface area (Å²) < 4.78 is 28.4. The van der Waals surface area contributed by atoms with Crippen molar-refractivity contribution in [1.29, 1.82) is 0 Å². The molecule has 0 spiro atoms. The van der Waals surface area contributed by atoms with Crippen LogP contribution in [0.25, 0.3) is 22.4 Å². The lowest BCUT2D eigenvalue weighted by Crippen LogP contribution is -2.47. The Bertz CT molecular complexity index is 1440. The van der Waals surface area contributed by atoms with Crippen molar-refractivity contribution in [2.45, 2.75) is 44.2 Å². The Labute approximate surface area is 206 Å². The summed E-state index contributed by atoms with van der Waals surface area (Å²) in [6, 6.07) is 9.12. The van der Waals surface area contributed by atoms with E-state index in [-0.39, 0.29) is 29.8 Å². The van der Waals surface area contributed by atoms with Gasteiger partial charge < -0.3 is 15.6 Å². The van der Waals surface area contributed by atoms with Gasteiger partial charge in [-0.05, 0) is 49.8 Å². The Morgan fingerprint density at radius 2 is 1.97 bits per heavy atom. The van der Waals surface area contributed by atoms with Crippen molar-refractivity contribution in [2.75, 3.05) is 16.8 Å². The van der Waals surface area contributed by atoms with Gasteiger partial charge >= 0.3 is 6.03 Å². The molecule has 0 unspecified atom stereocenters. The number of rotatable bonds is 4. The molecule has 184 valence electrons. The van der Waals surface area contributed by atoms with Gasteiger partial charge in [0.05, 0.1) is 12.4 Å². The number of anilines is 2. The fourth-order valence-corrected chi connectivity index (χ4v) is 5.21. The first-order valence-electron chi connectivity index (χ1n) is 12.1. The smallest absolute Gasteiger partial charge is 0.322 e. The number of benzene rings is 1. The van der Waals surface area contributed by atoms with Gasteiger partial charge in [0.15, 0.2) is 17.5 Å². The zero-order valence-corrected chi connectivity index (χ0v) is 19.5. The molecule has 1 aliphatic carbocycles. The van der Waals surface area contributed by atoms with Gasteiger partial charge in [0.1, 0.15) is 11.5 Å². The van der Waals surface area contributed by atoms with Gasteiger partial charge in [-0.2, -0.15) is 0 Å². The minimum atomic E-state index is -0.567. The number of hydrogen-bond acceptors (Lipinski definition) is 5. The van der Waals surface area contributed by atoms with Crippen LogP contribution < -0.4 is 15.5 Å². The number of aromatic amines is 1. The van der Waals surface area contributed by atoms with E-state index >= 15 is 0 Å². The molecule has 8 nitrogen and oxygen atoms in total. The number of H-pyrrole nitrogens is 1. The third kappa shape index (κ3) is 4.23. The molecule has 1 fully saturated rings. The molecule has 3 N–H and O–H groups in total. The number of halogens is 2. The molecule has 3 aromatic heterocycles. The minimum absolute atomic E-state index is 0.0245. The Morgan fingerprint density at radius 3 is 2.89 bits per heavy atom. The number of nitrogens with one attached hydrogen (secondary N) is 3. The van der Waals surface area contributed by atoms with Crippen LogP contribution in [0.15, 0.2) is 48.9 Å². The van der Waals surface area contributed by atoms with E-state index in [1.807, 2.05) is 18.2 Å². The van der Waals surface area contributed by atoms with Crippen LogP contribution in [0.5, 0.6) is 0 Å². The third-order valence-electron chi connectivity index (χ3n) is 6.96. The van der Waals surface area contributed by atoms with E-state index in [9.17, 15) is 13.6 Å². The van der Waals surface area contributed by atoms with Crippen LogP contribution in [0, 0.1) is 11.6 Å². The van der Waals surface area contributed by atoms with Crippen molar-refractivity contribution in [2.24, 2.45) is 0 Å². The largest absolute Gasteiger partial charge is 0.365 e. The number of nitrogens with zero attached hydrogens (tertiary/aromatic N) is 4. The van der Waals surface area contributed by atoms with Crippen molar-refractivity contribution >= 4 is 28.6 Å². The highest BCUT2D eigenvalue weighted by atomic mass is 19.1. The first-order valence-corrected chi connectivity index (χ1v) is 12.1. The molecular weight excluding hydrogens is 464 g/mol. The topological polar surface area (TPSA) is 98.8 Å². The lowest BCUT2D eigenvalue weighted by molar-refractivity contribution is 0.237. The van der Waals surface area contributed by atoms with Gasteiger partial charge in [-0.15, -0.1) is 0 Å². The van der Waals surface area contributed by atoms with Crippen molar-refractivity contribution in [3.05, 3.63) is 66.1 Å². The summed E-state index contributed by atoms with van der Waals surface area (Å²) in [6.07, 6.45) is 7.98. The average Bonchev–Trinajstić information content (AvgIpc) is 3.50. The maximum absolute atomic E-state index is 14.7. The third-order valence-corrected chi connectivity index (χ3v) is 6.96. The highest BCUT2D eigenvalue weighted by Gasteiger charge is 2.29. The quantitative estimate of drug-likeness (QED) is 0.383. The van der Waals surface area contributed by atoms with Gasteiger partial charge in [-0.1, -0.05) is 18.2 Å². The molecule has 0 saturated heterocycles. The van der Waals surface area contributed by atoms with E-state index in [4.69, 9.17) is 0 Å². The second kappa shape index (κ2) is 9.18. The number of hydrogen-bond donors (Lipinski definition) is 3. The van der Waals surface area contributed by atoms with Crippen LogP contribution in [0.1, 0.15) is 31.2 Å². The van der Waals surface area contributed by atoms with Crippen LogP contribution in [-0.2, 0) is 6.42 Å². The Hall–Kier alpha value is -4.08. The molecule has 1 aliphatic heterocycles. The maximum Gasteiger partial charge on any atom is 0.322 e. The predicted octanol–water partition coefficient (Wildman–Crippen LogP) is 4.79. The molecule has 0 bridgehead atoms. The lowest BCUT2D eigenvalue weighted by Gasteiger charge is -2.32. The second-order valence-electron chi connectivity index (χ2n) is 9.33. The van der Waals surface area contributed by atoms with Gasteiger partial charge in [0, 0.05) is 41.5 Å². The average molecular weight is 490 g/mol. The number of urea groups is 1. The van der Waals surface area contributed by atoms with Crippen molar-refractivity contribution < 1.29 is 13.6 Å².